The predicted octanol–water partition coefficient (Wildman–Crippen LogP) is 3.53. The standard InChI is InChI=1S/C13H16N2/c1-9-12-8-11(10-4-2-3-5-10)6-7-13(12)15-14-9/h6-8,10H,2-5H2,1H3,(H,14,15). The van der Waals surface area contributed by atoms with E-state index in [1.165, 1.54) is 42.3 Å². The molecule has 1 fully saturated rings. The van der Waals surface area contributed by atoms with Crippen molar-refractivity contribution in [3.8, 4) is 0 Å². The summed E-state index contributed by atoms with van der Waals surface area (Å²) in [5.41, 5.74) is 3.78. The summed E-state index contributed by atoms with van der Waals surface area (Å²) in [6.45, 7) is 2.09. The van der Waals surface area contributed by atoms with Gasteiger partial charge in [0.15, 0.2) is 0 Å². The van der Waals surface area contributed by atoms with Gasteiger partial charge in [-0.2, -0.15) is 5.10 Å². The second-order valence-corrected chi connectivity index (χ2v) is 4.61. The lowest BCUT2D eigenvalue weighted by atomic mass is 9.96. The molecule has 3 rings (SSSR count). The fourth-order valence-electron chi connectivity index (χ4n) is 2.67. The molecule has 1 saturated carbocycles. The number of nitrogens with zero attached hydrogens (tertiary/aromatic N) is 1. The van der Waals surface area contributed by atoms with Gasteiger partial charge in [-0.1, -0.05) is 18.9 Å². The fourth-order valence-corrected chi connectivity index (χ4v) is 2.67. The Hall–Kier alpha value is -1.31. The van der Waals surface area contributed by atoms with Crippen LogP contribution in [0.4, 0.5) is 0 Å². The number of aromatic nitrogens is 2. The smallest absolute Gasteiger partial charge is 0.0923 e. The maximum absolute atomic E-state index is 4.26. The third kappa shape index (κ3) is 1.44. The van der Waals surface area contributed by atoms with E-state index in [9.17, 15) is 0 Å². The summed E-state index contributed by atoms with van der Waals surface area (Å²) in [7, 11) is 0. The lowest BCUT2D eigenvalue weighted by Crippen LogP contribution is -1.91. The molecule has 0 aliphatic heterocycles. The molecule has 0 bridgehead atoms. The Labute approximate surface area is 89.7 Å². The van der Waals surface area contributed by atoms with Gasteiger partial charge in [0.05, 0.1) is 5.52 Å². The summed E-state index contributed by atoms with van der Waals surface area (Å²) in [6.07, 6.45) is 5.52. The third-order valence-electron chi connectivity index (χ3n) is 3.60. The van der Waals surface area contributed by atoms with Gasteiger partial charge >= 0.3 is 0 Å². The highest BCUT2D eigenvalue weighted by Crippen LogP contribution is 2.35. The van der Waals surface area contributed by atoms with Gasteiger partial charge in [0.2, 0.25) is 0 Å². The Morgan fingerprint density at radius 2 is 2.07 bits per heavy atom. The van der Waals surface area contributed by atoms with Crippen molar-refractivity contribution in [2.24, 2.45) is 0 Å². The van der Waals surface area contributed by atoms with E-state index >= 15 is 0 Å². The molecule has 0 radical (unpaired) electrons. The zero-order valence-electron chi connectivity index (χ0n) is 9.09. The van der Waals surface area contributed by atoms with E-state index in [0.717, 1.165) is 11.4 Å². The van der Waals surface area contributed by atoms with Gasteiger partial charge in [-0.05, 0) is 43.4 Å². The Kier molecular flexibility index (Phi) is 2.01. The fraction of sp³-hybridized carbons (Fsp3) is 0.462. The molecule has 15 heavy (non-hydrogen) atoms. The second kappa shape index (κ2) is 3.37. The zero-order valence-corrected chi connectivity index (χ0v) is 9.09. The molecule has 2 heteroatoms. The molecule has 1 N–H and O–H groups in total. The number of rotatable bonds is 1. The van der Waals surface area contributed by atoms with Crippen molar-refractivity contribution < 1.29 is 0 Å². The van der Waals surface area contributed by atoms with E-state index < -0.39 is 0 Å². The highest BCUT2D eigenvalue weighted by atomic mass is 15.1. The number of hydrogen-bond donors (Lipinski definition) is 1. The van der Waals surface area contributed by atoms with Gasteiger partial charge in [-0.3, -0.25) is 5.10 Å². The van der Waals surface area contributed by atoms with Crippen molar-refractivity contribution in [2.45, 2.75) is 38.5 Å². The van der Waals surface area contributed by atoms with Crippen LogP contribution in [0.15, 0.2) is 18.2 Å². The van der Waals surface area contributed by atoms with Crippen molar-refractivity contribution in [3.05, 3.63) is 29.5 Å². The molecule has 1 aromatic carbocycles. The van der Waals surface area contributed by atoms with Gasteiger partial charge in [0.25, 0.3) is 0 Å². The van der Waals surface area contributed by atoms with Gasteiger partial charge in [0, 0.05) is 11.1 Å². The van der Waals surface area contributed by atoms with E-state index in [1.54, 1.807) is 0 Å². The zero-order chi connectivity index (χ0) is 10.3. The Bertz CT molecular complexity index is 478. The first kappa shape index (κ1) is 8.96. The highest BCUT2D eigenvalue weighted by Gasteiger charge is 2.17. The van der Waals surface area contributed by atoms with Crippen molar-refractivity contribution in [2.75, 3.05) is 0 Å². The quantitative estimate of drug-likeness (QED) is 0.749. The first-order chi connectivity index (χ1) is 7.34. The first-order valence-electron chi connectivity index (χ1n) is 5.79. The van der Waals surface area contributed by atoms with Crippen molar-refractivity contribution in [3.63, 3.8) is 0 Å². The summed E-state index contributed by atoms with van der Waals surface area (Å²) in [4.78, 5) is 0. The van der Waals surface area contributed by atoms with Crippen LogP contribution >= 0.6 is 0 Å². The molecule has 0 saturated heterocycles. The van der Waals surface area contributed by atoms with Gasteiger partial charge in [0.1, 0.15) is 0 Å². The van der Waals surface area contributed by atoms with Crippen molar-refractivity contribution in [1.29, 1.82) is 0 Å². The second-order valence-electron chi connectivity index (χ2n) is 4.61. The molecule has 2 aromatic rings. The first-order valence-corrected chi connectivity index (χ1v) is 5.79. The van der Waals surface area contributed by atoms with Crippen LogP contribution in [0.3, 0.4) is 0 Å². The van der Waals surface area contributed by atoms with Crippen LogP contribution in [-0.4, -0.2) is 10.2 Å². The van der Waals surface area contributed by atoms with Crippen molar-refractivity contribution in [1.82, 2.24) is 10.2 Å². The van der Waals surface area contributed by atoms with Gasteiger partial charge in [-0.15, -0.1) is 0 Å². The van der Waals surface area contributed by atoms with Crippen LogP contribution in [0.1, 0.15) is 42.9 Å². The monoisotopic (exact) mass is 200 g/mol. The molecular weight excluding hydrogens is 184 g/mol. The van der Waals surface area contributed by atoms with E-state index in [2.05, 4.69) is 35.3 Å². The summed E-state index contributed by atoms with van der Waals surface area (Å²) in [6, 6.07) is 6.72. The number of nitrogens with one attached hydrogen (secondary N) is 1. The Morgan fingerprint density at radius 1 is 1.27 bits per heavy atom. The minimum atomic E-state index is 0.795. The average Bonchev–Trinajstić information content (AvgIpc) is 2.88. The van der Waals surface area contributed by atoms with E-state index in [-0.39, 0.29) is 0 Å². The van der Waals surface area contributed by atoms with Gasteiger partial charge in [-0.25, -0.2) is 0 Å². The Balaban J connectivity index is 2.08. The number of benzene rings is 1. The maximum Gasteiger partial charge on any atom is 0.0923 e. The number of aryl methyl sites for hydroxylation is 1. The average molecular weight is 200 g/mol. The van der Waals surface area contributed by atoms with E-state index in [4.69, 9.17) is 0 Å². The molecule has 1 heterocycles. The normalized spacial score (nSPS) is 17.7. The van der Waals surface area contributed by atoms with Crippen LogP contribution in [0, 0.1) is 6.92 Å². The lowest BCUT2D eigenvalue weighted by Gasteiger charge is -2.08. The minimum absolute atomic E-state index is 0.795. The molecule has 2 nitrogen and oxygen atoms in total. The lowest BCUT2D eigenvalue weighted by molar-refractivity contribution is 0.724. The highest BCUT2D eigenvalue weighted by molar-refractivity contribution is 5.81. The van der Waals surface area contributed by atoms with E-state index in [1.807, 2.05) is 0 Å². The van der Waals surface area contributed by atoms with Crippen molar-refractivity contribution >= 4 is 10.9 Å². The molecule has 0 unspecified atom stereocenters. The number of fused-ring (bicyclic) bond motifs is 1. The van der Waals surface area contributed by atoms with E-state index in [0.29, 0.717) is 0 Å². The number of hydrogen-bond acceptors (Lipinski definition) is 1. The third-order valence-corrected chi connectivity index (χ3v) is 3.60. The topological polar surface area (TPSA) is 28.7 Å². The summed E-state index contributed by atoms with van der Waals surface area (Å²) < 4.78 is 0. The summed E-state index contributed by atoms with van der Waals surface area (Å²) in [5.74, 6) is 0.795. The maximum atomic E-state index is 4.26. The summed E-state index contributed by atoms with van der Waals surface area (Å²) >= 11 is 0. The predicted molar refractivity (Wildman–Crippen MR) is 62.0 cm³/mol. The van der Waals surface area contributed by atoms with Crippen LogP contribution < -0.4 is 0 Å². The SMILES string of the molecule is Cc1[nH]nc2ccc(C3CCCC3)cc12. The molecule has 78 valence electrons. The molecule has 1 aliphatic rings. The molecule has 0 amide bonds. The minimum Gasteiger partial charge on any atom is -0.282 e. The van der Waals surface area contributed by atoms with Crippen LogP contribution in [0.25, 0.3) is 10.9 Å². The largest absolute Gasteiger partial charge is 0.282 e. The summed E-state index contributed by atoms with van der Waals surface area (Å²) in [5, 5.41) is 8.60. The molecule has 0 atom stereocenters. The molecule has 0 spiro atoms. The van der Waals surface area contributed by atoms with Crippen LogP contribution in [-0.2, 0) is 0 Å². The number of H-pyrrole nitrogens is 1. The molecule has 1 aliphatic carbocycles. The Morgan fingerprint density at radius 3 is 2.87 bits per heavy atom. The van der Waals surface area contributed by atoms with Crippen LogP contribution in [0.2, 0.25) is 0 Å². The van der Waals surface area contributed by atoms with Gasteiger partial charge < -0.3 is 0 Å². The van der Waals surface area contributed by atoms with Crippen LogP contribution in [0.5, 0.6) is 0 Å². The number of aromatic amines is 1. The molecular formula is C13H16N2. The molecule has 1 aromatic heterocycles.